The van der Waals surface area contributed by atoms with E-state index in [0.29, 0.717) is 0 Å². The first-order valence-electron chi connectivity index (χ1n) is 10.1. The van der Waals surface area contributed by atoms with Gasteiger partial charge in [-0.1, -0.05) is 99.6 Å². The van der Waals surface area contributed by atoms with E-state index in [1.165, 1.54) is 27.8 Å². The van der Waals surface area contributed by atoms with Gasteiger partial charge in [-0.15, -0.1) is 0 Å². The first-order chi connectivity index (χ1) is 13.4. The summed E-state index contributed by atoms with van der Waals surface area (Å²) in [5, 5.41) is 14.9. The largest absolute Gasteiger partial charge is 0.391 e. The minimum absolute atomic E-state index is 0.0978. The first kappa shape index (κ1) is 18.9. The van der Waals surface area contributed by atoms with E-state index in [9.17, 15) is 5.11 Å². The molecule has 0 aromatic heterocycles. The summed E-state index contributed by atoms with van der Waals surface area (Å²) in [5.74, 6) is 0. The summed E-state index contributed by atoms with van der Waals surface area (Å²) in [6, 6.07) is 27.7. The lowest BCUT2D eigenvalue weighted by atomic mass is 9.78. The lowest BCUT2D eigenvalue weighted by Crippen LogP contribution is -2.54. The average molecular weight is 372 g/mol. The zero-order valence-electron chi connectivity index (χ0n) is 17.1. The van der Waals surface area contributed by atoms with Gasteiger partial charge in [0.25, 0.3) is 0 Å². The van der Waals surface area contributed by atoms with Crippen molar-refractivity contribution < 1.29 is 5.11 Å². The van der Waals surface area contributed by atoms with Crippen LogP contribution in [0.5, 0.6) is 0 Å². The third-order valence-electron chi connectivity index (χ3n) is 5.96. The lowest BCUT2D eigenvalue weighted by Gasteiger charge is -2.41. The molecule has 144 valence electrons. The Morgan fingerprint density at radius 1 is 0.750 bits per heavy atom. The van der Waals surface area contributed by atoms with Gasteiger partial charge in [-0.25, -0.2) is 0 Å². The van der Waals surface area contributed by atoms with Gasteiger partial charge in [0.15, 0.2) is 0 Å². The summed E-state index contributed by atoms with van der Waals surface area (Å²) in [6.45, 7) is 8.34. The molecule has 2 nitrogen and oxygen atoms in total. The fourth-order valence-electron chi connectivity index (χ4n) is 4.64. The lowest BCUT2D eigenvalue weighted by molar-refractivity contribution is 0.0283. The van der Waals surface area contributed by atoms with Crippen molar-refractivity contribution >= 4 is 0 Å². The van der Waals surface area contributed by atoms with Crippen LogP contribution in [0.25, 0.3) is 11.1 Å². The maximum atomic E-state index is 11.0. The molecule has 3 aromatic rings. The second kappa shape index (κ2) is 6.88. The Hall–Kier alpha value is -2.42. The Bertz CT molecular complexity index is 925. The van der Waals surface area contributed by atoms with E-state index < -0.39 is 11.6 Å². The third-order valence-corrected chi connectivity index (χ3v) is 5.96. The summed E-state index contributed by atoms with van der Waals surface area (Å²) in [7, 11) is 0. The molecule has 0 amide bonds. The Balaban J connectivity index is 1.96. The van der Waals surface area contributed by atoms with Crippen LogP contribution in [0.4, 0.5) is 0 Å². The molecular formula is C26H29NO. The van der Waals surface area contributed by atoms with Gasteiger partial charge in [-0.3, -0.25) is 5.32 Å². The summed E-state index contributed by atoms with van der Waals surface area (Å²) in [5.41, 5.74) is 5.51. The van der Waals surface area contributed by atoms with E-state index in [4.69, 9.17) is 0 Å². The predicted octanol–water partition coefficient (Wildman–Crippen LogP) is 5.34. The fraction of sp³-hybridized carbons (Fsp3) is 0.308. The number of nitrogens with one attached hydrogen (secondary N) is 1. The second-order valence-electron chi connectivity index (χ2n) is 8.95. The monoisotopic (exact) mass is 371 g/mol. The van der Waals surface area contributed by atoms with Crippen molar-refractivity contribution in [3.63, 3.8) is 0 Å². The molecule has 3 aromatic carbocycles. The van der Waals surface area contributed by atoms with Crippen LogP contribution in [0, 0.1) is 5.41 Å². The van der Waals surface area contributed by atoms with Crippen LogP contribution in [0.15, 0.2) is 78.9 Å². The smallest absolute Gasteiger partial charge is 0.0962 e. The van der Waals surface area contributed by atoms with E-state index in [1.54, 1.807) is 0 Å². The predicted molar refractivity (Wildman–Crippen MR) is 116 cm³/mol. The zero-order valence-corrected chi connectivity index (χ0v) is 17.1. The first-order valence-corrected chi connectivity index (χ1v) is 10.1. The topological polar surface area (TPSA) is 32.3 Å². The van der Waals surface area contributed by atoms with E-state index in [1.807, 2.05) is 0 Å². The van der Waals surface area contributed by atoms with Crippen molar-refractivity contribution in [2.75, 3.05) is 0 Å². The van der Waals surface area contributed by atoms with E-state index in [0.717, 1.165) is 0 Å². The normalized spacial score (nSPS) is 16.9. The average Bonchev–Trinajstić information content (AvgIpc) is 2.99. The maximum absolute atomic E-state index is 11.0. The van der Waals surface area contributed by atoms with Crippen LogP contribution in [0.3, 0.4) is 0 Å². The number of aliphatic hydroxyl groups is 1. The molecule has 2 atom stereocenters. The van der Waals surface area contributed by atoms with Crippen molar-refractivity contribution in [3.05, 3.63) is 95.6 Å². The Kier molecular flexibility index (Phi) is 4.65. The minimum atomic E-state index is -0.486. The highest BCUT2D eigenvalue weighted by molar-refractivity contribution is 5.83. The van der Waals surface area contributed by atoms with Crippen LogP contribution in [-0.4, -0.2) is 17.3 Å². The second-order valence-corrected chi connectivity index (χ2v) is 8.95. The molecule has 28 heavy (non-hydrogen) atoms. The van der Waals surface area contributed by atoms with Crippen LogP contribution >= 0.6 is 0 Å². The standard InChI is InChI=1S/C26H29NO/c1-18(24(28)25(2,3)4)27-26(19-12-6-5-7-13-19)22-16-10-8-14-20(22)21-15-9-11-17-23(21)26/h5-18,24,27-28H,1-4H3/t18-,24-/m0/s1. The van der Waals surface area contributed by atoms with Crippen LogP contribution in [0.1, 0.15) is 44.4 Å². The summed E-state index contributed by atoms with van der Waals surface area (Å²) < 4.78 is 0. The third kappa shape index (κ3) is 2.88. The molecule has 1 aliphatic carbocycles. The molecule has 2 N–H and O–H groups in total. The summed E-state index contributed by atoms with van der Waals surface area (Å²) >= 11 is 0. The van der Waals surface area contributed by atoms with Gasteiger partial charge in [0.05, 0.1) is 11.6 Å². The molecule has 0 heterocycles. The maximum Gasteiger partial charge on any atom is 0.0962 e. The molecule has 0 radical (unpaired) electrons. The van der Waals surface area contributed by atoms with Gasteiger partial charge in [-0.2, -0.15) is 0 Å². The van der Waals surface area contributed by atoms with Crippen molar-refractivity contribution in [1.82, 2.24) is 5.32 Å². The van der Waals surface area contributed by atoms with E-state index in [2.05, 4.69) is 112 Å². The summed E-state index contributed by atoms with van der Waals surface area (Å²) in [6.07, 6.45) is -0.479. The molecule has 0 fully saturated rings. The summed E-state index contributed by atoms with van der Waals surface area (Å²) in [4.78, 5) is 0. The molecule has 0 bridgehead atoms. The zero-order chi connectivity index (χ0) is 19.9. The molecule has 0 aliphatic heterocycles. The van der Waals surface area contributed by atoms with Crippen LogP contribution in [-0.2, 0) is 5.54 Å². The highest BCUT2D eigenvalue weighted by Crippen LogP contribution is 2.51. The number of hydrogen-bond acceptors (Lipinski definition) is 2. The SMILES string of the molecule is C[C@H](NC1(c2ccccc2)c2ccccc2-c2ccccc21)[C@H](O)C(C)(C)C. The van der Waals surface area contributed by atoms with Crippen LogP contribution < -0.4 is 5.32 Å². The number of aliphatic hydroxyl groups excluding tert-OH is 1. The number of rotatable bonds is 4. The number of benzene rings is 3. The molecule has 4 rings (SSSR count). The van der Waals surface area contributed by atoms with Gasteiger partial charge in [-0.05, 0) is 40.2 Å². The van der Waals surface area contributed by atoms with Gasteiger partial charge in [0.2, 0.25) is 0 Å². The van der Waals surface area contributed by atoms with Gasteiger partial charge in [0, 0.05) is 6.04 Å². The molecular weight excluding hydrogens is 342 g/mol. The molecule has 1 aliphatic rings. The van der Waals surface area contributed by atoms with Crippen molar-refractivity contribution in [2.45, 2.75) is 45.4 Å². The molecule has 0 spiro atoms. The number of fused-ring (bicyclic) bond motifs is 3. The van der Waals surface area contributed by atoms with Crippen molar-refractivity contribution in [3.8, 4) is 11.1 Å². The molecule has 0 saturated heterocycles. The highest BCUT2D eigenvalue weighted by atomic mass is 16.3. The van der Waals surface area contributed by atoms with Gasteiger partial charge >= 0.3 is 0 Å². The van der Waals surface area contributed by atoms with Crippen LogP contribution in [0.2, 0.25) is 0 Å². The molecule has 0 unspecified atom stereocenters. The van der Waals surface area contributed by atoms with Crippen molar-refractivity contribution in [2.24, 2.45) is 5.41 Å². The molecule has 2 heteroatoms. The Labute approximate surface area is 168 Å². The molecule has 0 saturated carbocycles. The Morgan fingerprint density at radius 2 is 1.21 bits per heavy atom. The van der Waals surface area contributed by atoms with Gasteiger partial charge in [0.1, 0.15) is 0 Å². The van der Waals surface area contributed by atoms with E-state index in [-0.39, 0.29) is 11.5 Å². The Morgan fingerprint density at radius 3 is 1.71 bits per heavy atom. The fourth-order valence-corrected chi connectivity index (χ4v) is 4.64. The van der Waals surface area contributed by atoms with Gasteiger partial charge < -0.3 is 5.11 Å². The van der Waals surface area contributed by atoms with Crippen molar-refractivity contribution in [1.29, 1.82) is 0 Å². The minimum Gasteiger partial charge on any atom is -0.391 e. The highest BCUT2D eigenvalue weighted by Gasteiger charge is 2.46. The van der Waals surface area contributed by atoms with E-state index >= 15 is 0 Å². The quantitative estimate of drug-likeness (QED) is 0.648. The number of hydrogen-bond donors (Lipinski definition) is 2.